The van der Waals surface area contributed by atoms with Crippen molar-refractivity contribution < 1.29 is 14.2 Å². The van der Waals surface area contributed by atoms with Gasteiger partial charge in [-0.15, -0.1) is 0 Å². The van der Waals surface area contributed by atoms with Crippen molar-refractivity contribution in [2.75, 3.05) is 21.3 Å². The molecule has 4 heteroatoms. The SMILES string of the molecule is COc1cc(OC)c([C@@H]2CCCC[C@H]2[Se]c2ccccc2)c(OC)c1. The summed E-state index contributed by atoms with van der Waals surface area (Å²) in [6.45, 7) is 0. The van der Waals surface area contributed by atoms with Gasteiger partial charge in [-0.1, -0.05) is 0 Å². The number of rotatable bonds is 6. The number of ether oxygens (including phenoxy) is 3. The van der Waals surface area contributed by atoms with E-state index in [0.717, 1.165) is 17.2 Å². The van der Waals surface area contributed by atoms with Crippen LogP contribution in [0.4, 0.5) is 0 Å². The van der Waals surface area contributed by atoms with Crippen LogP contribution in [0.1, 0.15) is 37.2 Å². The van der Waals surface area contributed by atoms with Gasteiger partial charge in [-0.3, -0.25) is 0 Å². The van der Waals surface area contributed by atoms with Crippen LogP contribution < -0.4 is 18.7 Å². The molecular weight excluding hydrogens is 379 g/mol. The van der Waals surface area contributed by atoms with Gasteiger partial charge in [0.25, 0.3) is 0 Å². The number of benzene rings is 2. The average Bonchev–Trinajstić information content (AvgIpc) is 2.68. The van der Waals surface area contributed by atoms with Crippen molar-refractivity contribution in [1.29, 1.82) is 0 Å². The first-order valence-electron chi connectivity index (χ1n) is 8.78. The Hall–Kier alpha value is -1.64. The monoisotopic (exact) mass is 406 g/mol. The quantitative estimate of drug-likeness (QED) is 0.675. The summed E-state index contributed by atoms with van der Waals surface area (Å²) in [5, 5.41) is 0. The summed E-state index contributed by atoms with van der Waals surface area (Å²) in [7, 11) is 5.14. The minimum atomic E-state index is 0.447. The van der Waals surface area contributed by atoms with Gasteiger partial charge >= 0.3 is 157 Å². The zero-order chi connectivity index (χ0) is 17.6. The van der Waals surface area contributed by atoms with Crippen molar-refractivity contribution in [3.05, 3.63) is 48.0 Å². The minimum absolute atomic E-state index is 0.447. The number of methoxy groups -OCH3 is 3. The van der Waals surface area contributed by atoms with E-state index in [4.69, 9.17) is 14.2 Å². The maximum atomic E-state index is 5.73. The molecule has 2 atom stereocenters. The van der Waals surface area contributed by atoms with E-state index in [1.165, 1.54) is 35.7 Å². The van der Waals surface area contributed by atoms with Gasteiger partial charge in [0.1, 0.15) is 0 Å². The number of hydrogen-bond donors (Lipinski definition) is 0. The standard InChI is InChI=1S/C21H26O3Se/c1-22-15-13-18(23-2)21(19(14-15)24-3)17-11-7-8-12-20(17)25-16-9-5-4-6-10-16/h4-6,9-10,13-14,17,20H,7-8,11-12H2,1-3H3/t17-,20-/m1/s1. The van der Waals surface area contributed by atoms with Crippen LogP contribution in [0.15, 0.2) is 42.5 Å². The molecule has 25 heavy (non-hydrogen) atoms. The Bertz CT molecular complexity index is 662. The fraction of sp³-hybridized carbons (Fsp3) is 0.429. The Balaban J connectivity index is 1.97. The Morgan fingerprint density at radius 3 is 2.08 bits per heavy atom. The van der Waals surface area contributed by atoms with Crippen LogP contribution in [0.2, 0.25) is 4.82 Å². The molecule has 1 aliphatic rings. The van der Waals surface area contributed by atoms with Gasteiger partial charge in [0.05, 0.1) is 0 Å². The average molecular weight is 405 g/mol. The van der Waals surface area contributed by atoms with Crippen molar-refractivity contribution in [3.63, 3.8) is 0 Å². The van der Waals surface area contributed by atoms with E-state index < -0.39 is 0 Å². The maximum absolute atomic E-state index is 5.73. The second-order valence-corrected chi connectivity index (χ2v) is 9.06. The molecule has 1 fully saturated rings. The first kappa shape index (κ1) is 18.2. The molecule has 1 saturated carbocycles. The molecule has 1 aliphatic carbocycles. The van der Waals surface area contributed by atoms with Crippen molar-refractivity contribution in [2.45, 2.75) is 36.4 Å². The Morgan fingerprint density at radius 1 is 0.840 bits per heavy atom. The van der Waals surface area contributed by atoms with Crippen LogP contribution in [0.5, 0.6) is 17.2 Å². The van der Waals surface area contributed by atoms with Crippen LogP contribution in [0, 0.1) is 0 Å². The van der Waals surface area contributed by atoms with E-state index in [-0.39, 0.29) is 0 Å². The summed E-state index contributed by atoms with van der Waals surface area (Å²) in [4.78, 5) is 0.667. The summed E-state index contributed by atoms with van der Waals surface area (Å²) in [6.07, 6.45) is 5.05. The predicted molar refractivity (Wildman–Crippen MR) is 103 cm³/mol. The van der Waals surface area contributed by atoms with Crippen LogP contribution in [-0.2, 0) is 0 Å². The van der Waals surface area contributed by atoms with E-state index in [1.807, 2.05) is 12.1 Å². The molecule has 3 nitrogen and oxygen atoms in total. The Labute approximate surface area is 156 Å². The molecule has 0 aliphatic heterocycles. The predicted octanol–water partition coefficient (Wildman–Crippen LogP) is 4.19. The molecule has 0 amide bonds. The fourth-order valence-electron chi connectivity index (χ4n) is 3.64. The van der Waals surface area contributed by atoms with Gasteiger partial charge in [0.15, 0.2) is 0 Å². The first-order chi connectivity index (χ1) is 12.3. The second-order valence-electron chi connectivity index (χ2n) is 6.31. The molecule has 0 N–H and O–H groups in total. The number of hydrogen-bond acceptors (Lipinski definition) is 3. The molecule has 0 saturated heterocycles. The summed E-state index contributed by atoms with van der Waals surface area (Å²) in [6, 6.07) is 14.9. The summed E-state index contributed by atoms with van der Waals surface area (Å²) >= 11 is 0.447. The van der Waals surface area contributed by atoms with Crippen molar-refractivity contribution in [3.8, 4) is 17.2 Å². The second kappa shape index (κ2) is 8.64. The Morgan fingerprint density at radius 2 is 1.48 bits per heavy atom. The van der Waals surface area contributed by atoms with Crippen LogP contribution in [-0.4, -0.2) is 36.3 Å². The Kier molecular flexibility index (Phi) is 6.28. The normalized spacial score (nSPS) is 20.1. The molecule has 134 valence electrons. The van der Waals surface area contributed by atoms with E-state index in [0.29, 0.717) is 25.7 Å². The van der Waals surface area contributed by atoms with E-state index in [1.54, 1.807) is 21.3 Å². The third kappa shape index (κ3) is 4.13. The molecule has 0 radical (unpaired) electrons. The van der Waals surface area contributed by atoms with Gasteiger partial charge < -0.3 is 0 Å². The van der Waals surface area contributed by atoms with E-state index in [9.17, 15) is 0 Å². The van der Waals surface area contributed by atoms with Gasteiger partial charge in [0, 0.05) is 0 Å². The van der Waals surface area contributed by atoms with Crippen molar-refractivity contribution >= 4 is 19.4 Å². The van der Waals surface area contributed by atoms with Gasteiger partial charge in [-0.2, -0.15) is 0 Å². The third-order valence-electron chi connectivity index (χ3n) is 4.86. The zero-order valence-electron chi connectivity index (χ0n) is 15.2. The van der Waals surface area contributed by atoms with Gasteiger partial charge in [-0.05, 0) is 0 Å². The van der Waals surface area contributed by atoms with Crippen molar-refractivity contribution in [2.24, 2.45) is 0 Å². The molecule has 0 unspecified atom stereocenters. The summed E-state index contributed by atoms with van der Waals surface area (Å²) < 4.78 is 18.3. The summed E-state index contributed by atoms with van der Waals surface area (Å²) in [5.41, 5.74) is 1.22. The third-order valence-corrected chi connectivity index (χ3v) is 7.82. The summed E-state index contributed by atoms with van der Waals surface area (Å²) in [5.74, 6) is 3.03. The van der Waals surface area contributed by atoms with Crippen LogP contribution in [0.25, 0.3) is 0 Å². The first-order valence-corrected chi connectivity index (χ1v) is 10.6. The molecule has 0 bridgehead atoms. The zero-order valence-corrected chi connectivity index (χ0v) is 16.9. The van der Waals surface area contributed by atoms with E-state index >= 15 is 0 Å². The van der Waals surface area contributed by atoms with Crippen molar-refractivity contribution in [1.82, 2.24) is 0 Å². The molecular formula is C21H26O3Se. The molecule has 0 heterocycles. The fourth-order valence-corrected chi connectivity index (χ4v) is 6.55. The van der Waals surface area contributed by atoms with Gasteiger partial charge in [-0.25, -0.2) is 0 Å². The molecule has 2 aromatic rings. The molecule has 0 aromatic heterocycles. The van der Waals surface area contributed by atoms with E-state index in [2.05, 4.69) is 30.3 Å². The van der Waals surface area contributed by atoms with Crippen LogP contribution >= 0.6 is 0 Å². The molecule has 0 spiro atoms. The molecule has 3 rings (SSSR count). The van der Waals surface area contributed by atoms with Crippen LogP contribution in [0.3, 0.4) is 0 Å². The topological polar surface area (TPSA) is 27.7 Å². The van der Waals surface area contributed by atoms with Gasteiger partial charge in [0.2, 0.25) is 0 Å². The molecule has 2 aromatic carbocycles.